The summed E-state index contributed by atoms with van der Waals surface area (Å²) in [5.41, 5.74) is 4.70. The minimum Gasteiger partial charge on any atom is -0.454 e. The van der Waals surface area contributed by atoms with Crippen LogP contribution in [-0.2, 0) is 0 Å². The molecule has 0 atom stereocenters. The normalized spacial score (nSPS) is 12.9. The fraction of sp³-hybridized carbons (Fsp3) is 0.0476. The lowest BCUT2D eigenvalue weighted by atomic mass is 10.2. The highest BCUT2D eigenvalue weighted by molar-refractivity contribution is 5.94. The van der Waals surface area contributed by atoms with E-state index in [1.807, 2.05) is 54.6 Å². The minimum atomic E-state index is 0.251. The fourth-order valence-electron chi connectivity index (χ4n) is 3.61. The van der Waals surface area contributed by atoms with Crippen LogP contribution in [0.4, 0.5) is 0 Å². The van der Waals surface area contributed by atoms with Crippen LogP contribution < -0.4 is 9.47 Å². The summed E-state index contributed by atoms with van der Waals surface area (Å²) in [7, 11) is 0. The summed E-state index contributed by atoms with van der Waals surface area (Å²) in [6.07, 6.45) is 0. The number of hydrogen-bond donors (Lipinski definition) is 1. The molecular weight excluding hydrogens is 340 g/mol. The summed E-state index contributed by atoms with van der Waals surface area (Å²) >= 11 is 0. The molecule has 0 saturated carbocycles. The first-order valence-electron chi connectivity index (χ1n) is 8.69. The second-order valence-electron chi connectivity index (χ2n) is 6.41. The summed E-state index contributed by atoms with van der Waals surface area (Å²) in [5.74, 6) is 2.31. The zero-order valence-corrected chi connectivity index (χ0v) is 14.2. The zero-order chi connectivity index (χ0) is 17.8. The maximum absolute atomic E-state index is 5.57. The van der Waals surface area contributed by atoms with Crippen molar-refractivity contribution >= 4 is 21.9 Å². The Hall–Kier alpha value is -3.80. The smallest absolute Gasteiger partial charge is 0.231 e. The molecular formula is C21H14N4O2. The number of hydrogen-bond acceptors (Lipinski definition) is 4. The Morgan fingerprint density at radius 1 is 0.852 bits per heavy atom. The molecule has 0 fully saturated rings. The van der Waals surface area contributed by atoms with Crippen LogP contribution in [0.3, 0.4) is 0 Å². The average Bonchev–Trinajstić information content (AvgIpc) is 3.42. The van der Waals surface area contributed by atoms with Crippen LogP contribution >= 0.6 is 0 Å². The number of H-pyrrole nitrogens is 1. The van der Waals surface area contributed by atoms with E-state index in [0.717, 1.165) is 50.6 Å². The van der Waals surface area contributed by atoms with E-state index >= 15 is 0 Å². The van der Waals surface area contributed by atoms with Gasteiger partial charge in [0.15, 0.2) is 17.3 Å². The van der Waals surface area contributed by atoms with Gasteiger partial charge in [0.25, 0.3) is 0 Å². The van der Waals surface area contributed by atoms with Crippen LogP contribution in [0, 0.1) is 0 Å². The third-order valence-electron chi connectivity index (χ3n) is 4.86. The molecule has 0 bridgehead atoms. The van der Waals surface area contributed by atoms with Crippen molar-refractivity contribution in [1.82, 2.24) is 19.7 Å². The van der Waals surface area contributed by atoms with Crippen LogP contribution in [0.5, 0.6) is 11.5 Å². The lowest BCUT2D eigenvalue weighted by Crippen LogP contribution is -1.98. The van der Waals surface area contributed by atoms with Gasteiger partial charge in [0, 0.05) is 11.5 Å². The van der Waals surface area contributed by atoms with Crippen molar-refractivity contribution in [2.24, 2.45) is 0 Å². The molecule has 1 aliphatic heterocycles. The Kier molecular flexibility index (Phi) is 2.85. The molecule has 6 heteroatoms. The zero-order valence-electron chi connectivity index (χ0n) is 14.2. The monoisotopic (exact) mass is 354 g/mol. The van der Waals surface area contributed by atoms with Gasteiger partial charge in [-0.2, -0.15) is 5.10 Å². The van der Waals surface area contributed by atoms with Crippen LogP contribution in [0.25, 0.3) is 39.1 Å². The van der Waals surface area contributed by atoms with Gasteiger partial charge in [-0.25, -0.2) is 4.98 Å². The molecule has 0 spiro atoms. The van der Waals surface area contributed by atoms with E-state index in [1.54, 1.807) is 0 Å². The second-order valence-corrected chi connectivity index (χ2v) is 6.41. The highest BCUT2D eigenvalue weighted by Gasteiger charge is 2.20. The third-order valence-corrected chi connectivity index (χ3v) is 4.86. The number of nitrogens with one attached hydrogen (secondary N) is 1. The van der Waals surface area contributed by atoms with Crippen molar-refractivity contribution in [2.75, 3.05) is 6.79 Å². The first-order valence-corrected chi connectivity index (χ1v) is 8.69. The molecule has 6 nitrogen and oxygen atoms in total. The summed E-state index contributed by atoms with van der Waals surface area (Å²) in [6, 6.07) is 22.1. The fourth-order valence-corrected chi connectivity index (χ4v) is 3.61. The van der Waals surface area contributed by atoms with Gasteiger partial charge in [-0.3, -0.25) is 9.67 Å². The molecule has 0 radical (unpaired) electrons. The molecule has 0 unspecified atom stereocenters. The number of nitrogens with zero attached hydrogens (tertiary/aromatic N) is 3. The van der Waals surface area contributed by atoms with Gasteiger partial charge in [-0.1, -0.05) is 30.3 Å². The first-order chi connectivity index (χ1) is 13.4. The largest absolute Gasteiger partial charge is 0.454 e. The molecule has 3 aromatic carbocycles. The Labute approximate surface area is 154 Å². The van der Waals surface area contributed by atoms with Gasteiger partial charge >= 0.3 is 0 Å². The van der Waals surface area contributed by atoms with E-state index in [4.69, 9.17) is 14.5 Å². The van der Waals surface area contributed by atoms with Gasteiger partial charge in [-0.05, 0) is 30.3 Å². The predicted molar refractivity (Wildman–Crippen MR) is 102 cm³/mol. The van der Waals surface area contributed by atoms with E-state index in [-0.39, 0.29) is 6.79 Å². The Balaban J connectivity index is 1.67. The van der Waals surface area contributed by atoms with Crippen LogP contribution in [0.2, 0.25) is 0 Å². The van der Waals surface area contributed by atoms with Gasteiger partial charge in [0.05, 0.1) is 22.2 Å². The SMILES string of the molecule is c1ccc2c(-c3nc4ccccc4n3-c3ccc4c(c3)OCO4)[nH]nc2c1. The van der Waals surface area contributed by atoms with Gasteiger partial charge in [0.2, 0.25) is 6.79 Å². The molecule has 1 N–H and O–H groups in total. The molecule has 0 amide bonds. The van der Waals surface area contributed by atoms with E-state index in [1.165, 1.54) is 0 Å². The van der Waals surface area contributed by atoms with Crippen molar-refractivity contribution < 1.29 is 9.47 Å². The summed E-state index contributed by atoms with van der Waals surface area (Å²) in [4.78, 5) is 4.89. The highest BCUT2D eigenvalue weighted by Crippen LogP contribution is 2.37. The van der Waals surface area contributed by atoms with Gasteiger partial charge in [-0.15, -0.1) is 0 Å². The lowest BCUT2D eigenvalue weighted by Gasteiger charge is -2.09. The molecule has 2 aromatic heterocycles. The van der Waals surface area contributed by atoms with E-state index < -0.39 is 0 Å². The number of ether oxygens (including phenoxy) is 2. The highest BCUT2D eigenvalue weighted by atomic mass is 16.7. The Morgan fingerprint density at radius 3 is 2.63 bits per heavy atom. The molecule has 0 saturated heterocycles. The Bertz CT molecular complexity index is 1320. The number of aromatic amines is 1. The topological polar surface area (TPSA) is 65.0 Å². The first kappa shape index (κ1) is 14.4. The standard InChI is InChI=1S/C21H14N4O2/c1-2-6-15-14(5-1)20(24-23-15)21-22-16-7-3-4-8-17(16)25(21)13-9-10-18-19(11-13)27-12-26-18/h1-11H,12H2,(H,23,24). The number of rotatable bonds is 2. The van der Waals surface area contributed by atoms with Crippen LogP contribution in [0.1, 0.15) is 0 Å². The summed E-state index contributed by atoms with van der Waals surface area (Å²) in [6.45, 7) is 0.251. The maximum atomic E-state index is 5.57. The van der Waals surface area contributed by atoms with Crippen molar-refractivity contribution in [3.63, 3.8) is 0 Å². The average molecular weight is 354 g/mol. The lowest BCUT2D eigenvalue weighted by molar-refractivity contribution is 0.174. The number of para-hydroxylation sites is 3. The van der Waals surface area contributed by atoms with E-state index in [9.17, 15) is 0 Å². The molecule has 6 rings (SSSR count). The van der Waals surface area contributed by atoms with E-state index in [0.29, 0.717) is 0 Å². The second kappa shape index (κ2) is 5.35. The predicted octanol–water partition coefficient (Wildman–Crippen LogP) is 4.30. The number of imidazole rings is 1. The van der Waals surface area contributed by atoms with Gasteiger partial charge < -0.3 is 9.47 Å². The molecule has 130 valence electrons. The third kappa shape index (κ3) is 2.07. The molecule has 5 aromatic rings. The number of fused-ring (bicyclic) bond motifs is 3. The molecule has 1 aliphatic rings. The number of benzene rings is 3. The maximum Gasteiger partial charge on any atom is 0.231 e. The van der Waals surface area contributed by atoms with E-state index in [2.05, 4.69) is 26.9 Å². The van der Waals surface area contributed by atoms with Crippen molar-refractivity contribution in [3.05, 3.63) is 66.7 Å². The van der Waals surface area contributed by atoms with Crippen molar-refractivity contribution in [2.45, 2.75) is 0 Å². The quantitative estimate of drug-likeness (QED) is 0.513. The molecule has 27 heavy (non-hydrogen) atoms. The molecule has 3 heterocycles. The minimum absolute atomic E-state index is 0.251. The summed E-state index contributed by atoms with van der Waals surface area (Å²) < 4.78 is 13.2. The summed E-state index contributed by atoms with van der Waals surface area (Å²) in [5, 5.41) is 8.64. The number of aromatic nitrogens is 4. The molecule has 0 aliphatic carbocycles. The van der Waals surface area contributed by atoms with Gasteiger partial charge in [0.1, 0.15) is 5.69 Å². The van der Waals surface area contributed by atoms with Crippen LogP contribution in [0.15, 0.2) is 66.7 Å². The van der Waals surface area contributed by atoms with Crippen LogP contribution in [-0.4, -0.2) is 26.5 Å². The Morgan fingerprint density at radius 2 is 1.67 bits per heavy atom. The van der Waals surface area contributed by atoms with Crippen molar-refractivity contribution in [3.8, 4) is 28.7 Å². The van der Waals surface area contributed by atoms with Crippen molar-refractivity contribution in [1.29, 1.82) is 0 Å².